The quantitative estimate of drug-likeness (QED) is 0.635. The molecule has 4 rings (SSSR count). The lowest BCUT2D eigenvalue weighted by atomic mass is 10.1. The predicted molar refractivity (Wildman–Crippen MR) is 107 cm³/mol. The van der Waals surface area contributed by atoms with Crippen molar-refractivity contribution in [3.8, 4) is 0 Å². The third-order valence-electron chi connectivity index (χ3n) is 5.14. The summed E-state index contributed by atoms with van der Waals surface area (Å²) in [5.41, 5.74) is 4.26. The number of sulfone groups is 1. The second-order valence-corrected chi connectivity index (χ2v) is 9.21. The molecule has 1 aliphatic heterocycles. The summed E-state index contributed by atoms with van der Waals surface area (Å²) in [6.07, 6.45) is 6.41. The minimum Gasteiger partial charge on any atom is -0.396 e. The van der Waals surface area contributed by atoms with Gasteiger partial charge in [0, 0.05) is 74.3 Å². The number of benzene rings is 1. The van der Waals surface area contributed by atoms with Gasteiger partial charge < -0.3 is 9.67 Å². The fraction of sp³-hybridized carbons (Fsp3) is 0.400. The predicted octanol–water partition coefficient (Wildman–Crippen LogP) is 1.78. The molecule has 0 atom stereocenters. The van der Waals surface area contributed by atoms with E-state index in [-0.39, 0.29) is 11.8 Å². The van der Waals surface area contributed by atoms with Crippen molar-refractivity contribution in [2.45, 2.75) is 37.6 Å². The van der Waals surface area contributed by atoms with Crippen LogP contribution >= 0.6 is 0 Å². The second kappa shape index (κ2) is 7.62. The molecule has 1 aliphatic rings. The molecule has 7 nitrogen and oxygen atoms in total. The molecule has 0 amide bonds. The Morgan fingerprint density at radius 1 is 1.25 bits per heavy atom. The van der Waals surface area contributed by atoms with Gasteiger partial charge in [0.2, 0.25) is 15.0 Å². The lowest BCUT2D eigenvalue weighted by Crippen LogP contribution is -2.31. The number of aromatic nitrogens is 3. The smallest absolute Gasteiger partial charge is 0.246 e. The zero-order valence-electron chi connectivity index (χ0n) is 15.9. The number of hydrogen-bond donors (Lipinski definition) is 1. The monoisotopic (exact) mass is 400 g/mol. The van der Waals surface area contributed by atoms with Crippen LogP contribution in [0.2, 0.25) is 0 Å². The SMILES string of the molecule is CS(=O)(=O)c1ncc2c(n1)CCN(Cc1cn(CCCO)c3ccccc13)C2. The van der Waals surface area contributed by atoms with E-state index in [2.05, 4.69) is 37.8 Å². The molecule has 0 unspecified atom stereocenters. The fourth-order valence-electron chi connectivity index (χ4n) is 3.79. The number of hydrogen-bond acceptors (Lipinski definition) is 6. The maximum atomic E-state index is 11.7. The minimum atomic E-state index is -3.38. The maximum Gasteiger partial charge on any atom is 0.246 e. The molecule has 0 bridgehead atoms. The summed E-state index contributed by atoms with van der Waals surface area (Å²) in [6.45, 7) is 3.31. The summed E-state index contributed by atoms with van der Waals surface area (Å²) in [4.78, 5) is 10.6. The van der Waals surface area contributed by atoms with E-state index in [1.165, 1.54) is 16.5 Å². The molecule has 3 heterocycles. The Hall–Kier alpha value is -2.29. The van der Waals surface area contributed by atoms with Crippen molar-refractivity contribution >= 4 is 20.7 Å². The molecular formula is C20H24N4O3S. The van der Waals surface area contributed by atoms with Crippen LogP contribution in [0.5, 0.6) is 0 Å². The van der Waals surface area contributed by atoms with Gasteiger partial charge in [-0.25, -0.2) is 18.4 Å². The van der Waals surface area contributed by atoms with Crippen LogP contribution < -0.4 is 0 Å². The van der Waals surface area contributed by atoms with E-state index in [0.717, 1.165) is 43.6 Å². The fourth-order valence-corrected chi connectivity index (χ4v) is 4.31. The van der Waals surface area contributed by atoms with Gasteiger partial charge >= 0.3 is 0 Å². The zero-order valence-corrected chi connectivity index (χ0v) is 16.7. The first-order valence-corrected chi connectivity index (χ1v) is 11.3. The second-order valence-electron chi connectivity index (χ2n) is 7.30. The molecule has 0 aliphatic carbocycles. The van der Waals surface area contributed by atoms with Gasteiger partial charge in [0.15, 0.2) is 0 Å². The molecule has 1 N–H and O–H groups in total. The van der Waals surface area contributed by atoms with Crippen LogP contribution in [-0.2, 0) is 35.9 Å². The molecule has 2 aromatic heterocycles. The number of aryl methyl sites for hydroxylation is 1. The highest BCUT2D eigenvalue weighted by molar-refractivity contribution is 7.90. The Balaban J connectivity index is 1.56. The van der Waals surface area contributed by atoms with Gasteiger partial charge in [-0.3, -0.25) is 4.90 Å². The molecule has 28 heavy (non-hydrogen) atoms. The third kappa shape index (κ3) is 3.80. The molecule has 0 saturated carbocycles. The summed E-state index contributed by atoms with van der Waals surface area (Å²) in [5, 5.41) is 10.3. The highest BCUT2D eigenvalue weighted by atomic mass is 32.2. The number of fused-ring (bicyclic) bond motifs is 2. The van der Waals surface area contributed by atoms with Crippen molar-refractivity contribution in [3.05, 3.63) is 53.5 Å². The largest absolute Gasteiger partial charge is 0.396 e. The number of rotatable bonds is 6. The Morgan fingerprint density at radius 3 is 2.86 bits per heavy atom. The summed E-state index contributed by atoms with van der Waals surface area (Å²) >= 11 is 0. The van der Waals surface area contributed by atoms with Gasteiger partial charge in [-0.1, -0.05) is 18.2 Å². The first kappa shape index (κ1) is 19.0. The average Bonchev–Trinajstić information content (AvgIpc) is 3.03. The summed E-state index contributed by atoms with van der Waals surface area (Å²) in [7, 11) is -3.38. The maximum absolute atomic E-state index is 11.7. The van der Waals surface area contributed by atoms with E-state index in [9.17, 15) is 8.42 Å². The van der Waals surface area contributed by atoms with E-state index in [4.69, 9.17) is 5.11 Å². The zero-order chi connectivity index (χ0) is 19.7. The van der Waals surface area contributed by atoms with Crippen LogP contribution in [0.3, 0.4) is 0 Å². The standard InChI is InChI=1S/C20H24N4O3S/c1-28(26,27)20-21-11-15-12-23(9-7-18(15)22-20)13-16-14-24(8-4-10-25)19-6-3-2-5-17(16)19/h2-3,5-6,11,14,25H,4,7-10,12-13H2,1H3. The lowest BCUT2D eigenvalue weighted by Gasteiger charge is -2.27. The van der Waals surface area contributed by atoms with Crippen LogP contribution in [0.15, 0.2) is 41.8 Å². The van der Waals surface area contributed by atoms with Crippen LogP contribution in [0.4, 0.5) is 0 Å². The van der Waals surface area contributed by atoms with Crippen molar-refractivity contribution in [1.29, 1.82) is 0 Å². The Bertz CT molecular complexity index is 1110. The van der Waals surface area contributed by atoms with Gasteiger partial charge in [0.1, 0.15) is 0 Å². The number of aliphatic hydroxyl groups is 1. The molecule has 8 heteroatoms. The first-order valence-electron chi connectivity index (χ1n) is 9.40. The molecule has 0 fully saturated rings. The van der Waals surface area contributed by atoms with Gasteiger partial charge in [0.25, 0.3) is 0 Å². The molecular weight excluding hydrogens is 376 g/mol. The first-order chi connectivity index (χ1) is 13.5. The van der Waals surface area contributed by atoms with E-state index >= 15 is 0 Å². The molecule has 0 saturated heterocycles. The number of para-hydroxylation sites is 1. The van der Waals surface area contributed by atoms with Gasteiger partial charge in [-0.2, -0.15) is 0 Å². The third-order valence-corrected chi connectivity index (χ3v) is 6.00. The van der Waals surface area contributed by atoms with E-state index in [1.54, 1.807) is 6.20 Å². The molecule has 0 radical (unpaired) electrons. The highest BCUT2D eigenvalue weighted by Crippen LogP contribution is 2.25. The van der Waals surface area contributed by atoms with Gasteiger partial charge in [-0.05, 0) is 18.1 Å². The van der Waals surface area contributed by atoms with Gasteiger partial charge in [0.05, 0.1) is 5.69 Å². The minimum absolute atomic E-state index is 0.0911. The Kier molecular flexibility index (Phi) is 5.18. The highest BCUT2D eigenvalue weighted by Gasteiger charge is 2.22. The van der Waals surface area contributed by atoms with Crippen LogP contribution in [0.1, 0.15) is 23.2 Å². The Morgan fingerprint density at radius 2 is 2.07 bits per heavy atom. The summed E-state index contributed by atoms with van der Waals surface area (Å²) < 4.78 is 25.6. The average molecular weight is 401 g/mol. The van der Waals surface area contributed by atoms with Gasteiger partial charge in [-0.15, -0.1) is 0 Å². The number of aliphatic hydroxyl groups excluding tert-OH is 1. The molecule has 148 valence electrons. The topological polar surface area (TPSA) is 88.3 Å². The Labute approximate surface area is 164 Å². The molecule has 3 aromatic rings. The lowest BCUT2D eigenvalue weighted by molar-refractivity contribution is 0.242. The van der Waals surface area contributed by atoms with Crippen LogP contribution in [0, 0.1) is 0 Å². The normalized spacial score (nSPS) is 15.1. The van der Waals surface area contributed by atoms with Crippen molar-refractivity contribution in [3.63, 3.8) is 0 Å². The van der Waals surface area contributed by atoms with E-state index in [1.807, 2.05) is 12.1 Å². The van der Waals surface area contributed by atoms with Crippen molar-refractivity contribution in [2.75, 3.05) is 19.4 Å². The number of nitrogens with zero attached hydrogens (tertiary/aromatic N) is 4. The molecule has 1 aromatic carbocycles. The van der Waals surface area contributed by atoms with Crippen molar-refractivity contribution in [1.82, 2.24) is 19.4 Å². The van der Waals surface area contributed by atoms with Crippen molar-refractivity contribution < 1.29 is 13.5 Å². The van der Waals surface area contributed by atoms with Crippen LogP contribution in [-0.4, -0.2) is 52.4 Å². The van der Waals surface area contributed by atoms with Crippen molar-refractivity contribution in [2.24, 2.45) is 0 Å². The summed E-state index contributed by atoms with van der Waals surface area (Å²) in [6, 6.07) is 8.34. The summed E-state index contributed by atoms with van der Waals surface area (Å²) in [5.74, 6) is 0. The van der Waals surface area contributed by atoms with E-state index in [0.29, 0.717) is 13.0 Å². The molecule has 0 spiro atoms. The van der Waals surface area contributed by atoms with E-state index < -0.39 is 9.84 Å². The van der Waals surface area contributed by atoms with Crippen LogP contribution in [0.25, 0.3) is 10.9 Å².